The number of aromatic nitrogens is 2. The summed E-state index contributed by atoms with van der Waals surface area (Å²) in [5, 5.41) is 11.6. The van der Waals surface area contributed by atoms with E-state index in [9.17, 15) is 19.6 Å². The van der Waals surface area contributed by atoms with Crippen molar-refractivity contribution in [3.63, 3.8) is 0 Å². The quantitative estimate of drug-likeness (QED) is 0.363. The second kappa shape index (κ2) is 9.70. The highest BCUT2D eigenvalue weighted by Gasteiger charge is 2.38. The molecular weight excluding hydrogens is 362 g/mol. The van der Waals surface area contributed by atoms with Crippen LogP contribution in [0.15, 0.2) is 18.7 Å². The molecule has 1 aliphatic carbocycles. The lowest BCUT2D eigenvalue weighted by atomic mass is 9.91. The van der Waals surface area contributed by atoms with E-state index in [1.165, 1.54) is 11.3 Å². The maximum Gasteiger partial charge on any atom is 0.242 e. The summed E-state index contributed by atoms with van der Waals surface area (Å²) in [5.74, 6) is -0.455. The summed E-state index contributed by atoms with van der Waals surface area (Å²) >= 11 is 0. The molecule has 2 atom stereocenters. The van der Waals surface area contributed by atoms with Crippen LogP contribution in [0.4, 0.5) is 0 Å². The van der Waals surface area contributed by atoms with Crippen LogP contribution in [0.1, 0.15) is 44.1 Å². The van der Waals surface area contributed by atoms with Gasteiger partial charge in [-0.15, -0.1) is 0 Å². The van der Waals surface area contributed by atoms with Crippen molar-refractivity contribution in [1.29, 1.82) is 0 Å². The number of carbonyl (C=O) groups is 3. The molecule has 0 spiro atoms. The molecule has 9 heteroatoms. The molecule has 1 saturated carbocycles. The Kier molecular flexibility index (Phi) is 7.05. The third-order valence-corrected chi connectivity index (χ3v) is 5.58. The summed E-state index contributed by atoms with van der Waals surface area (Å²) in [6.07, 6.45) is 10.6. The number of ketones is 1. The van der Waals surface area contributed by atoms with Gasteiger partial charge in [0.25, 0.3) is 0 Å². The zero-order valence-corrected chi connectivity index (χ0v) is 15.9. The average Bonchev–Trinajstić information content (AvgIpc) is 3.39. The van der Waals surface area contributed by atoms with Crippen LogP contribution in [-0.4, -0.2) is 62.5 Å². The van der Waals surface area contributed by atoms with Gasteiger partial charge < -0.3 is 0 Å². The van der Waals surface area contributed by atoms with Crippen LogP contribution in [-0.2, 0) is 20.8 Å². The van der Waals surface area contributed by atoms with Gasteiger partial charge in [-0.3, -0.25) is 24.6 Å². The van der Waals surface area contributed by atoms with Crippen LogP contribution in [0.25, 0.3) is 0 Å². The van der Waals surface area contributed by atoms with Crippen molar-refractivity contribution >= 4 is 18.1 Å². The molecule has 2 amide bonds. The molecule has 9 nitrogen and oxygen atoms in total. The van der Waals surface area contributed by atoms with Gasteiger partial charge in [0, 0.05) is 25.4 Å². The van der Waals surface area contributed by atoms with E-state index in [0.29, 0.717) is 42.3 Å². The third kappa shape index (κ3) is 5.11. The standard InChI is InChI=1S/C19H27N5O4/c25-13-23(28)11-16(7-14-3-1-2-4-14)19(27)24-17(5-6-22-24)18(26)8-15-9-20-12-21-10-15/h9-10,12-14,16-17,22,28H,1-8,11H2/t16-,17+/m1/s1. The first-order valence-electron chi connectivity index (χ1n) is 9.82. The molecule has 0 unspecified atom stereocenters. The Morgan fingerprint density at radius 3 is 2.68 bits per heavy atom. The SMILES string of the molecule is O=CN(O)C[C@@H](CC1CCCC1)C(=O)N1NCC[C@H]1C(=O)Cc1cncnc1. The van der Waals surface area contributed by atoms with Gasteiger partial charge >= 0.3 is 0 Å². The molecule has 28 heavy (non-hydrogen) atoms. The topological polar surface area (TPSA) is 116 Å². The van der Waals surface area contributed by atoms with Gasteiger partial charge in [0.05, 0.1) is 12.5 Å². The van der Waals surface area contributed by atoms with E-state index in [1.807, 2.05) is 0 Å². The molecular formula is C19H27N5O4. The lowest BCUT2D eigenvalue weighted by Crippen LogP contribution is -2.50. The molecule has 2 N–H and O–H groups in total. The van der Waals surface area contributed by atoms with Gasteiger partial charge in [-0.05, 0) is 24.3 Å². The van der Waals surface area contributed by atoms with Crippen LogP contribution in [0.3, 0.4) is 0 Å². The van der Waals surface area contributed by atoms with E-state index >= 15 is 0 Å². The largest absolute Gasteiger partial charge is 0.297 e. The first-order chi connectivity index (χ1) is 13.6. The number of hydroxylamine groups is 2. The molecule has 1 aromatic heterocycles. The minimum absolute atomic E-state index is 0.0650. The van der Waals surface area contributed by atoms with Crippen molar-refractivity contribution in [2.24, 2.45) is 11.8 Å². The van der Waals surface area contributed by atoms with Crippen molar-refractivity contribution in [2.75, 3.05) is 13.1 Å². The van der Waals surface area contributed by atoms with E-state index in [2.05, 4.69) is 15.4 Å². The monoisotopic (exact) mass is 389 g/mol. The summed E-state index contributed by atoms with van der Waals surface area (Å²) in [5.41, 5.74) is 3.72. The van der Waals surface area contributed by atoms with Crippen molar-refractivity contribution < 1.29 is 19.6 Å². The number of nitrogens with zero attached hydrogens (tertiary/aromatic N) is 4. The number of hydrazine groups is 1. The number of amides is 2. The molecule has 1 saturated heterocycles. The highest BCUT2D eigenvalue weighted by molar-refractivity contribution is 5.91. The molecule has 0 radical (unpaired) electrons. The normalized spacial score (nSPS) is 20.9. The molecule has 1 aromatic rings. The van der Waals surface area contributed by atoms with Gasteiger partial charge in [-0.2, -0.15) is 0 Å². The molecule has 2 fully saturated rings. The number of nitrogens with one attached hydrogen (secondary N) is 1. The first-order valence-corrected chi connectivity index (χ1v) is 9.82. The molecule has 1 aliphatic heterocycles. The average molecular weight is 389 g/mol. The third-order valence-electron chi connectivity index (χ3n) is 5.58. The maximum atomic E-state index is 13.2. The van der Waals surface area contributed by atoms with Crippen LogP contribution in [0, 0.1) is 11.8 Å². The van der Waals surface area contributed by atoms with Crippen molar-refractivity contribution in [3.8, 4) is 0 Å². The Balaban J connectivity index is 1.68. The Labute approximate surface area is 164 Å². The zero-order chi connectivity index (χ0) is 19.9. The number of hydrogen-bond donors (Lipinski definition) is 2. The lowest BCUT2D eigenvalue weighted by molar-refractivity contribution is -0.159. The first kappa shape index (κ1) is 20.3. The maximum absolute atomic E-state index is 13.2. The molecule has 2 heterocycles. The Bertz CT molecular complexity index is 680. The summed E-state index contributed by atoms with van der Waals surface area (Å²) in [7, 11) is 0. The van der Waals surface area contributed by atoms with Gasteiger partial charge in [0.15, 0.2) is 5.78 Å². The Morgan fingerprint density at radius 1 is 1.29 bits per heavy atom. The predicted molar refractivity (Wildman–Crippen MR) is 98.6 cm³/mol. The summed E-state index contributed by atoms with van der Waals surface area (Å²) in [6.45, 7) is 0.463. The number of rotatable bonds is 9. The van der Waals surface area contributed by atoms with Gasteiger partial charge in [0.2, 0.25) is 12.3 Å². The highest BCUT2D eigenvalue weighted by atomic mass is 16.5. The molecule has 0 bridgehead atoms. The van der Waals surface area contributed by atoms with Crippen molar-refractivity contribution in [3.05, 3.63) is 24.3 Å². The fourth-order valence-corrected chi connectivity index (χ4v) is 4.21. The minimum atomic E-state index is -0.567. The zero-order valence-electron chi connectivity index (χ0n) is 15.9. The van der Waals surface area contributed by atoms with Gasteiger partial charge in [-0.1, -0.05) is 25.7 Å². The van der Waals surface area contributed by atoms with E-state index in [4.69, 9.17) is 0 Å². The van der Waals surface area contributed by atoms with Crippen molar-refractivity contribution in [2.45, 2.75) is 51.0 Å². The Morgan fingerprint density at radius 2 is 2.00 bits per heavy atom. The van der Waals surface area contributed by atoms with E-state index in [0.717, 1.165) is 25.7 Å². The summed E-state index contributed by atoms with van der Waals surface area (Å²) in [4.78, 5) is 44.7. The minimum Gasteiger partial charge on any atom is -0.297 e. The Hall–Kier alpha value is -2.39. The highest BCUT2D eigenvalue weighted by Crippen LogP contribution is 2.31. The second-order valence-corrected chi connectivity index (χ2v) is 7.62. The van der Waals surface area contributed by atoms with Crippen molar-refractivity contribution in [1.82, 2.24) is 25.5 Å². The van der Waals surface area contributed by atoms with Crippen LogP contribution >= 0.6 is 0 Å². The summed E-state index contributed by atoms with van der Waals surface area (Å²) in [6, 6.07) is -0.567. The number of carbonyl (C=O) groups excluding carboxylic acids is 3. The predicted octanol–water partition coefficient (Wildman–Crippen LogP) is 0.738. The molecule has 3 rings (SSSR count). The van der Waals surface area contributed by atoms with E-state index in [1.54, 1.807) is 12.4 Å². The number of hydrogen-bond acceptors (Lipinski definition) is 7. The fraction of sp³-hybridized carbons (Fsp3) is 0.632. The smallest absolute Gasteiger partial charge is 0.242 e. The lowest BCUT2D eigenvalue weighted by Gasteiger charge is -2.30. The van der Waals surface area contributed by atoms with E-state index < -0.39 is 12.0 Å². The second-order valence-electron chi connectivity index (χ2n) is 7.62. The van der Waals surface area contributed by atoms with Crippen LogP contribution in [0.2, 0.25) is 0 Å². The van der Waals surface area contributed by atoms with Gasteiger partial charge in [0.1, 0.15) is 12.4 Å². The molecule has 152 valence electrons. The van der Waals surface area contributed by atoms with Crippen LogP contribution < -0.4 is 5.43 Å². The summed E-state index contributed by atoms with van der Waals surface area (Å²) < 4.78 is 0. The van der Waals surface area contributed by atoms with Gasteiger partial charge in [-0.25, -0.2) is 20.5 Å². The number of Topliss-reactive ketones (excluding diaryl/α,β-unsaturated/α-hetero) is 1. The molecule has 0 aromatic carbocycles. The molecule has 2 aliphatic rings. The van der Waals surface area contributed by atoms with Crippen LogP contribution in [0.5, 0.6) is 0 Å². The van der Waals surface area contributed by atoms with E-state index in [-0.39, 0.29) is 24.7 Å². The fourth-order valence-electron chi connectivity index (χ4n) is 4.21.